The molecule has 0 saturated heterocycles. The van der Waals surface area contributed by atoms with Crippen LogP contribution in [0.15, 0.2) is 54.6 Å². The van der Waals surface area contributed by atoms with Crippen LogP contribution in [0.5, 0.6) is 5.75 Å². The first-order valence-electron chi connectivity index (χ1n) is 8.28. The van der Waals surface area contributed by atoms with Gasteiger partial charge in [-0.15, -0.1) is 0 Å². The van der Waals surface area contributed by atoms with Gasteiger partial charge in [-0.2, -0.15) is 0 Å². The molecule has 0 spiro atoms. The molecule has 0 aliphatic carbocycles. The fourth-order valence-corrected chi connectivity index (χ4v) is 2.71. The smallest absolute Gasteiger partial charge is 0.132 e. The van der Waals surface area contributed by atoms with Gasteiger partial charge in [-0.25, -0.2) is 4.98 Å². The molecule has 124 valence electrons. The zero-order valence-corrected chi connectivity index (χ0v) is 14.2. The van der Waals surface area contributed by atoms with Crippen LogP contribution in [-0.4, -0.2) is 16.2 Å². The van der Waals surface area contributed by atoms with E-state index >= 15 is 0 Å². The summed E-state index contributed by atoms with van der Waals surface area (Å²) in [5, 5.41) is 0. The molecule has 0 saturated carbocycles. The van der Waals surface area contributed by atoms with E-state index in [1.807, 2.05) is 54.0 Å². The van der Waals surface area contributed by atoms with E-state index in [-0.39, 0.29) is 0 Å². The Labute approximate surface area is 142 Å². The van der Waals surface area contributed by atoms with Gasteiger partial charge in [0, 0.05) is 5.56 Å². The first-order chi connectivity index (χ1) is 11.7. The molecular formula is C20H23N3O. The van der Waals surface area contributed by atoms with Crippen molar-refractivity contribution in [1.82, 2.24) is 9.55 Å². The SMILES string of the molecule is CCCOc1cccc(-c2nc(C)n(Cc3ccccc3)c2N)c1. The van der Waals surface area contributed by atoms with Gasteiger partial charge >= 0.3 is 0 Å². The standard InChI is InChI=1S/C20H23N3O/c1-3-12-24-18-11-7-10-17(13-18)19-20(21)23(15(2)22-19)14-16-8-5-4-6-9-16/h4-11,13H,3,12,14,21H2,1-2H3. The molecule has 0 aliphatic rings. The van der Waals surface area contributed by atoms with Crippen LogP contribution in [0, 0.1) is 6.92 Å². The van der Waals surface area contributed by atoms with E-state index in [2.05, 4.69) is 24.0 Å². The van der Waals surface area contributed by atoms with Crippen LogP contribution in [0.25, 0.3) is 11.3 Å². The van der Waals surface area contributed by atoms with E-state index in [1.54, 1.807) is 0 Å². The number of anilines is 1. The highest BCUT2D eigenvalue weighted by Gasteiger charge is 2.14. The van der Waals surface area contributed by atoms with Crippen molar-refractivity contribution in [3.8, 4) is 17.0 Å². The first kappa shape index (κ1) is 16.1. The summed E-state index contributed by atoms with van der Waals surface area (Å²) in [6.07, 6.45) is 0.983. The maximum atomic E-state index is 6.39. The van der Waals surface area contributed by atoms with Crippen LogP contribution >= 0.6 is 0 Å². The van der Waals surface area contributed by atoms with Crippen molar-refractivity contribution in [2.24, 2.45) is 0 Å². The van der Waals surface area contributed by atoms with Crippen molar-refractivity contribution in [3.63, 3.8) is 0 Å². The molecule has 24 heavy (non-hydrogen) atoms. The quantitative estimate of drug-likeness (QED) is 0.737. The van der Waals surface area contributed by atoms with Crippen LogP contribution in [0.2, 0.25) is 0 Å². The largest absolute Gasteiger partial charge is 0.494 e. The number of aromatic nitrogens is 2. The van der Waals surface area contributed by atoms with Crippen molar-refractivity contribution in [1.29, 1.82) is 0 Å². The summed E-state index contributed by atoms with van der Waals surface area (Å²) in [6, 6.07) is 18.2. The second-order valence-electron chi connectivity index (χ2n) is 5.84. The number of hydrogen-bond acceptors (Lipinski definition) is 3. The number of imidazole rings is 1. The fraction of sp³-hybridized carbons (Fsp3) is 0.250. The third-order valence-corrected chi connectivity index (χ3v) is 3.96. The van der Waals surface area contributed by atoms with Gasteiger partial charge in [0.1, 0.15) is 23.1 Å². The predicted octanol–water partition coefficient (Wildman–Crippen LogP) is 4.28. The molecule has 3 rings (SSSR count). The minimum atomic E-state index is 0.684. The van der Waals surface area contributed by atoms with Crippen molar-refractivity contribution in [2.75, 3.05) is 12.3 Å². The Kier molecular flexibility index (Phi) is 4.85. The number of hydrogen-bond donors (Lipinski definition) is 1. The molecule has 2 aromatic carbocycles. The lowest BCUT2D eigenvalue weighted by atomic mass is 10.1. The van der Waals surface area contributed by atoms with Gasteiger partial charge in [0.2, 0.25) is 0 Å². The first-order valence-corrected chi connectivity index (χ1v) is 8.28. The lowest BCUT2D eigenvalue weighted by molar-refractivity contribution is 0.317. The minimum Gasteiger partial charge on any atom is -0.494 e. The molecule has 2 N–H and O–H groups in total. The highest BCUT2D eigenvalue weighted by Crippen LogP contribution is 2.29. The van der Waals surface area contributed by atoms with Crippen LogP contribution in [0.3, 0.4) is 0 Å². The zero-order chi connectivity index (χ0) is 16.9. The number of nitrogen functional groups attached to an aromatic ring is 1. The molecule has 0 fully saturated rings. The molecule has 0 aliphatic heterocycles. The monoisotopic (exact) mass is 321 g/mol. The lowest BCUT2D eigenvalue weighted by Gasteiger charge is -2.09. The number of ether oxygens (including phenoxy) is 1. The minimum absolute atomic E-state index is 0.684. The van der Waals surface area contributed by atoms with Crippen molar-refractivity contribution in [3.05, 3.63) is 66.0 Å². The maximum Gasteiger partial charge on any atom is 0.132 e. The molecule has 0 bridgehead atoms. The molecule has 0 radical (unpaired) electrons. The molecule has 3 aromatic rings. The molecule has 0 atom stereocenters. The van der Waals surface area contributed by atoms with Gasteiger partial charge in [0.05, 0.1) is 13.2 Å². The Hall–Kier alpha value is -2.75. The molecule has 0 unspecified atom stereocenters. The third kappa shape index (κ3) is 3.43. The number of benzene rings is 2. The molecule has 4 nitrogen and oxygen atoms in total. The molecular weight excluding hydrogens is 298 g/mol. The fourth-order valence-electron chi connectivity index (χ4n) is 2.71. The summed E-state index contributed by atoms with van der Waals surface area (Å²) in [6.45, 7) is 5.51. The van der Waals surface area contributed by atoms with Crippen LogP contribution in [-0.2, 0) is 6.54 Å². The Morgan fingerprint density at radius 1 is 1.08 bits per heavy atom. The Morgan fingerprint density at radius 3 is 2.62 bits per heavy atom. The lowest BCUT2D eigenvalue weighted by Crippen LogP contribution is -2.06. The summed E-state index contributed by atoms with van der Waals surface area (Å²) in [5.41, 5.74) is 9.39. The van der Waals surface area contributed by atoms with E-state index in [4.69, 9.17) is 10.5 Å². The van der Waals surface area contributed by atoms with Gasteiger partial charge in [-0.05, 0) is 31.0 Å². The highest BCUT2D eigenvalue weighted by molar-refractivity contribution is 5.72. The number of nitrogens with two attached hydrogens (primary N) is 1. The van der Waals surface area contributed by atoms with Gasteiger partial charge in [-0.1, -0.05) is 49.4 Å². The summed E-state index contributed by atoms with van der Waals surface area (Å²) in [4.78, 5) is 4.68. The van der Waals surface area contributed by atoms with Crippen LogP contribution in [0.4, 0.5) is 5.82 Å². The number of nitrogens with zero attached hydrogens (tertiary/aromatic N) is 2. The summed E-state index contributed by atoms with van der Waals surface area (Å²) in [7, 11) is 0. The summed E-state index contributed by atoms with van der Waals surface area (Å²) < 4.78 is 7.76. The summed E-state index contributed by atoms with van der Waals surface area (Å²) in [5.74, 6) is 2.44. The van der Waals surface area contributed by atoms with E-state index in [0.29, 0.717) is 12.4 Å². The van der Waals surface area contributed by atoms with E-state index in [0.717, 1.165) is 35.8 Å². The third-order valence-electron chi connectivity index (χ3n) is 3.96. The number of aryl methyl sites for hydroxylation is 1. The zero-order valence-electron chi connectivity index (χ0n) is 14.2. The average molecular weight is 321 g/mol. The van der Waals surface area contributed by atoms with Crippen molar-refractivity contribution < 1.29 is 4.74 Å². The van der Waals surface area contributed by atoms with Gasteiger partial charge in [-0.3, -0.25) is 0 Å². The Bertz CT molecular complexity index is 809. The van der Waals surface area contributed by atoms with Crippen molar-refractivity contribution in [2.45, 2.75) is 26.8 Å². The van der Waals surface area contributed by atoms with Gasteiger partial charge < -0.3 is 15.0 Å². The topological polar surface area (TPSA) is 53.1 Å². The second-order valence-corrected chi connectivity index (χ2v) is 5.84. The predicted molar refractivity (Wildman–Crippen MR) is 98.1 cm³/mol. The van der Waals surface area contributed by atoms with E-state index in [1.165, 1.54) is 5.56 Å². The molecule has 1 heterocycles. The Morgan fingerprint density at radius 2 is 1.88 bits per heavy atom. The molecule has 0 amide bonds. The van der Waals surface area contributed by atoms with Crippen molar-refractivity contribution >= 4 is 5.82 Å². The van der Waals surface area contributed by atoms with E-state index in [9.17, 15) is 0 Å². The van der Waals surface area contributed by atoms with Crippen LogP contribution in [0.1, 0.15) is 24.7 Å². The number of rotatable bonds is 6. The van der Waals surface area contributed by atoms with Crippen LogP contribution < -0.4 is 10.5 Å². The van der Waals surface area contributed by atoms with Gasteiger partial charge in [0.25, 0.3) is 0 Å². The normalized spacial score (nSPS) is 10.8. The molecule has 1 aromatic heterocycles. The highest BCUT2D eigenvalue weighted by atomic mass is 16.5. The van der Waals surface area contributed by atoms with E-state index < -0.39 is 0 Å². The van der Waals surface area contributed by atoms with Gasteiger partial charge in [0.15, 0.2) is 0 Å². The Balaban J connectivity index is 1.91. The second kappa shape index (κ2) is 7.21. The maximum absolute atomic E-state index is 6.39. The summed E-state index contributed by atoms with van der Waals surface area (Å²) >= 11 is 0. The average Bonchev–Trinajstić information content (AvgIpc) is 2.89. The molecule has 4 heteroatoms.